The van der Waals surface area contributed by atoms with Crippen molar-refractivity contribution in [2.45, 2.75) is 26.4 Å². The van der Waals surface area contributed by atoms with Crippen molar-refractivity contribution in [1.29, 1.82) is 0 Å². The van der Waals surface area contributed by atoms with Crippen LogP contribution in [0.1, 0.15) is 31.9 Å². The lowest BCUT2D eigenvalue weighted by Crippen LogP contribution is -2.08. The zero-order valence-corrected chi connectivity index (χ0v) is 10.5. The third-order valence-corrected chi connectivity index (χ3v) is 3.30. The largest absolute Gasteiger partial charge is 0.388 e. The number of nitrogens with one attached hydrogen (secondary N) is 1. The first-order valence-corrected chi connectivity index (χ1v) is 6.10. The third kappa shape index (κ3) is 2.43. The zero-order valence-electron chi connectivity index (χ0n) is 10.5. The number of aromatic nitrogens is 2. The molecule has 2 unspecified atom stereocenters. The van der Waals surface area contributed by atoms with E-state index in [0.29, 0.717) is 0 Å². The van der Waals surface area contributed by atoms with Crippen molar-refractivity contribution < 1.29 is 9.50 Å². The topological polar surface area (TPSA) is 48.9 Å². The summed E-state index contributed by atoms with van der Waals surface area (Å²) in [6.07, 6.45) is 1.96. The fourth-order valence-corrected chi connectivity index (χ4v) is 1.90. The number of hydrogen-bond donors (Lipinski definition) is 2. The Morgan fingerprint density at radius 2 is 2.00 bits per heavy atom. The van der Waals surface area contributed by atoms with Gasteiger partial charge in [0.1, 0.15) is 5.82 Å². The average molecular weight is 248 g/mol. The van der Waals surface area contributed by atoms with Crippen molar-refractivity contribution in [3.8, 4) is 11.3 Å². The maximum absolute atomic E-state index is 12.9. The van der Waals surface area contributed by atoms with Crippen LogP contribution in [0.25, 0.3) is 11.3 Å². The number of benzene rings is 1. The molecule has 0 spiro atoms. The van der Waals surface area contributed by atoms with Gasteiger partial charge in [-0.3, -0.25) is 5.10 Å². The summed E-state index contributed by atoms with van der Waals surface area (Å²) in [5.74, 6) is -0.121. The van der Waals surface area contributed by atoms with Gasteiger partial charge in [0.05, 0.1) is 18.0 Å². The summed E-state index contributed by atoms with van der Waals surface area (Å²) in [5, 5.41) is 17.1. The van der Waals surface area contributed by atoms with E-state index in [0.717, 1.165) is 23.2 Å². The van der Waals surface area contributed by atoms with Crippen LogP contribution in [-0.2, 0) is 0 Å². The summed E-state index contributed by atoms with van der Waals surface area (Å²) < 4.78 is 12.9. The molecule has 0 fully saturated rings. The second-order valence-corrected chi connectivity index (χ2v) is 4.54. The maximum atomic E-state index is 12.9. The van der Waals surface area contributed by atoms with E-state index in [-0.39, 0.29) is 11.7 Å². The Kier molecular flexibility index (Phi) is 3.77. The third-order valence-electron chi connectivity index (χ3n) is 3.30. The van der Waals surface area contributed by atoms with Crippen molar-refractivity contribution in [2.75, 3.05) is 0 Å². The van der Waals surface area contributed by atoms with Crippen LogP contribution in [-0.4, -0.2) is 15.3 Å². The molecule has 1 aromatic carbocycles. The van der Waals surface area contributed by atoms with Gasteiger partial charge in [0.25, 0.3) is 0 Å². The minimum absolute atomic E-state index is 0.154. The molecule has 2 atom stereocenters. The molecule has 1 aromatic heterocycles. The molecule has 0 aliphatic heterocycles. The molecule has 0 aliphatic carbocycles. The Bertz CT molecular complexity index is 507. The van der Waals surface area contributed by atoms with Crippen LogP contribution in [0.15, 0.2) is 30.5 Å². The van der Waals surface area contributed by atoms with Gasteiger partial charge in [-0.25, -0.2) is 4.39 Å². The predicted molar refractivity (Wildman–Crippen MR) is 68.4 cm³/mol. The van der Waals surface area contributed by atoms with Gasteiger partial charge < -0.3 is 5.11 Å². The SMILES string of the molecule is CCC(C)C(O)c1cn[nH]c1-c1ccc(F)cc1. The minimum atomic E-state index is -0.561. The van der Waals surface area contributed by atoms with Crippen LogP contribution in [0, 0.1) is 11.7 Å². The van der Waals surface area contributed by atoms with Gasteiger partial charge in [-0.15, -0.1) is 0 Å². The number of aromatic amines is 1. The zero-order chi connectivity index (χ0) is 13.1. The molecule has 96 valence electrons. The molecule has 0 saturated carbocycles. The van der Waals surface area contributed by atoms with E-state index in [2.05, 4.69) is 10.2 Å². The summed E-state index contributed by atoms with van der Waals surface area (Å²) in [7, 11) is 0. The maximum Gasteiger partial charge on any atom is 0.123 e. The number of H-pyrrole nitrogens is 1. The number of rotatable bonds is 4. The molecule has 0 amide bonds. The number of hydrogen-bond acceptors (Lipinski definition) is 2. The van der Waals surface area contributed by atoms with Crippen molar-refractivity contribution in [1.82, 2.24) is 10.2 Å². The van der Waals surface area contributed by atoms with Crippen molar-refractivity contribution in [3.05, 3.63) is 41.8 Å². The van der Waals surface area contributed by atoms with Gasteiger partial charge in [0.2, 0.25) is 0 Å². The second kappa shape index (κ2) is 5.31. The molecular weight excluding hydrogens is 231 g/mol. The van der Waals surface area contributed by atoms with Gasteiger partial charge >= 0.3 is 0 Å². The molecule has 0 saturated heterocycles. The highest BCUT2D eigenvalue weighted by atomic mass is 19.1. The van der Waals surface area contributed by atoms with Crippen molar-refractivity contribution in [2.24, 2.45) is 5.92 Å². The molecule has 0 radical (unpaired) electrons. The van der Waals surface area contributed by atoms with Gasteiger partial charge in [0, 0.05) is 11.1 Å². The predicted octanol–water partition coefficient (Wildman–Crippen LogP) is 3.30. The molecule has 2 N–H and O–H groups in total. The Morgan fingerprint density at radius 3 is 2.61 bits per heavy atom. The Hall–Kier alpha value is -1.68. The first kappa shape index (κ1) is 12.8. The van der Waals surface area contributed by atoms with Gasteiger partial charge in [-0.05, 0) is 30.2 Å². The summed E-state index contributed by atoms with van der Waals surface area (Å²) in [5.41, 5.74) is 2.34. The van der Waals surface area contributed by atoms with Crippen LogP contribution in [0.5, 0.6) is 0 Å². The minimum Gasteiger partial charge on any atom is -0.388 e. The van der Waals surface area contributed by atoms with E-state index in [1.165, 1.54) is 12.1 Å². The van der Waals surface area contributed by atoms with Gasteiger partial charge in [-0.2, -0.15) is 5.10 Å². The first-order chi connectivity index (χ1) is 8.63. The van der Waals surface area contributed by atoms with E-state index in [9.17, 15) is 9.50 Å². The Labute approximate surface area is 106 Å². The number of nitrogens with zero attached hydrogens (tertiary/aromatic N) is 1. The lowest BCUT2D eigenvalue weighted by atomic mass is 9.94. The highest BCUT2D eigenvalue weighted by Gasteiger charge is 2.20. The summed E-state index contributed by atoms with van der Waals surface area (Å²) in [6.45, 7) is 4.03. The molecule has 1 heterocycles. The standard InChI is InChI=1S/C14H17FN2O/c1-3-9(2)14(18)12-8-16-17-13(12)10-4-6-11(15)7-5-10/h4-9,14,18H,3H2,1-2H3,(H,16,17). The van der Waals surface area contributed by atoms with Crippen LogP contribution in [0.2, 0.25) is 0 Å². The second-order valence-electron chi connectivity index (χ2n) is 4.54. The Balaban J connectivity index is 2.35. The molecule has 4 heteroatoms. The summed E-state index contributed by atoms with van der Waals surface area (Å²) in [6, 6.07) is 6.15. The lowest BCUT2D eigenvalue weighted by molar-refractivity contribution is 0.116. The molecule has 18 heavy (non-hydrogen) atoms. The normalized spacial score (nSPS) is 14.4. The monoisotopic (exact) mass is 248 g/mol. The first-order valence-electron chi connectivity index (χ1n) is 6.10. The van der Waals surface area contributed by atoms with E-state index in [4.69, 9.17) is 0 Å². The van der Waals surface area contributed by atoms with E-state index < -0.39 is 6.10 Å². The molecule has 0 aliphatic rings. The van der Waals surface area contributed by atoms with Crippen LogP contribution < -0.4 is 0 Å². The average Bonchev–Trinajstić information content (AvgIpc) is 2.87. The van der Waals surface area contributed by atoms with Crippen molar-refractivity contribution >= 4 is 0 Å². The molecule has 2 aromatic rings. The molecular formula is C14H17FN2O. The number of aliphatic hydroxyl groups excluding tert-OH is 1. The Morgan fingerprint density at radius 1 is 1.33 bits per heavy atom. The van der Waals surface area contributed by atoms with Crippen LogP contribution in [0.4, 0.5) is 4.39 Å². The quantitative estimate of drug-likeness (QED) is 0.872. The highest BCUT2D eigenvalue weighted by Crippen LogP contribution is 2.31. The molecule has 3 nitrogen and oxygen atoms in total. The molecule has 0 bridgehead atoms. The van der Waals surface area contributed by atoms with Gasteiger partial charge in [0.15, 0.2) is 0 Å². The fourth-order valence-electron chi connectivity index (χ4n) is 1.90. The van der Waals surface area contributed by atoms with E-state index >= 15 is 0 Å². The molecule has 2 rings (SSSR count). The van der Waals surface area contributed by atoms with Crippen LogP contribution in [0.3, 0.4) is 0 Å². The number of halogens is 1. The summed E-state index contributed by atoms with van der Waals surface area (Å²) in [4.78, 5) is 0. The van der Waals surface area contributed by atoms with Gasteiger partial charge in [-0.1, -0.05) is 20.3 Å². The van der Waals surface area contributed by atoms with E-state index in [1.807, 2.05) is 13.8 Å². The smallest absolute Gasteiger partial charge is 0.123 e. The highest BCUT2D eigenvalue weighted by molar-refractivity contribution is 5.63. The lowest BCUT2D eigenvalue weighted by Gasteiger charge is -2.17. The number of aliphatic hydroxyl groups is 1. The van der Waals surface area contributed by atoms with Crippen LogP contribution >= 0.6 is 0 Å². The van der Waals surface area contributed by atoms with Crippen molar-refractivity contribution in [3.63, 3.8) is 0 Å². The summed E-state index contributed by atoms with van der Waals surface area (Å²) >= 11 is 0. The van der Waals surface area contributed by atoms with E-state index in [1.54, 1.807) is 18.3 Å². The fraction of sp³-hybridized carbons (Fsp3) is 0.357.